The number of rotatable bonds is 6. The lowest BCUT2D eigenvalue weighted by Crippen LogP contribution is -2.23. The van der Waals surface area contributed by atoms with Gasteiger partial charge in [0.25, 0.3) is 0 Å². The van der Waals surface area contributed by atoms with Crippen molar-refractivity contribution in [2.45, 2.75) is 18.0 Å². The van der Waals surface area contributed by atoms with Crippen LogP contribution in [-0.4, -0.2) is 22.0 Å². The summed E-state index contributed by atoms with van der Waals surface area (Å²) in [5.74, 6) is -0.364. The molecule has 2 aromatic carbocycles. The van der Waals surface area contributed by atoms with Crippen LogP contribution in [0.25, 0.3) is 0 Å². The Bertz CT molecular complexity index is 558. The first-order chi connectivity index (χ1) is 10.0. The van der Waals surface area contributed by atoms with E-state index in [9.17, 15) is 14.4 Å². The zero-order chi connectivity index (χ0) is 15.3. The minimum absolute atomic E-state index is 0.242. The van der Waals surface area contributed by atoms with Crippen molar-refractivity contribution in [2.75, 3.05) is 6.54 Å². The number of nitrogens with two attached hydrogens (primary N) is 1. The van der Waals surface area contributed by atoms with E-state index in [1.807, 2.05) is 60.7 Å². The van der Waals surface area contributed by atoms with Gasteiger partial charge in [-0.25, -0.2) is 0 Å². The minimum atomic E-state index is -4.26. The van der Waals surface area contributed by atoms with Crippen LogP contribution in [0.2, 0.25) is 0 Å². The molecule has 2 aromatic rings. The van der Waals surface area contributed by atoms with E-state index in [4.69, 9.17) is 5.73 Å². The van der Waals surface area contributed by atoms with Crippen LogP contribution in [0.4, 0.5) is 0 Å². The Morgan fingerprint density at radius 1 is 0.905 bits per heavy atom. The Morgan fingerprint density at radius 3 is 1.67 bits per heavy atom. The van der Waals surface area contributed by atoms with Crippen molar-refractivity contribution in [1.82, 2.24) is 0 Å². The summed E-state index contributed by atoms with van der Waals surface area (Å²) in [4.78, 5) is 19.5. The van der Waals surface area contributed by atoms with Gasteiger partial charge < -0.3 is 15.5 Å². The third-order valence-corrected chi connectivity index (χ3v) is 5.02. The van der Waals surface area contributed by atoms with Crippen LogP contribution in [0.1, 0.15) is 23.5 Å². The molecule has 0 spiro atoms. The molecular weight excluding hydrogens is 285 g/mol. The maximum atomic E-state index is 11.9. The van der Waals surface area contributed by atoms with E-state index >= 15 is 0 Å². The first kappa shape index (κ1) is 15.9. The molecule has 0 heterocycles. The molecule has 0 saturated heterocycles. The number of hydrogen-bond donors (Lipinski definition) is 3. The fourth-order valence-electron chi connectivity index (χ4n) is 2.66. The highest BCUT2D eigenvalue weighted by molar-refractivity contribution is 7.52. The van der Waals surface area contributed by atoms with E-state index in [-0.39, 0.29) is 18.9 Å². The molecule has 1 atom stereocenters. The topological polar surface area (TPSA) is 83.6 Å². The van der Waals surface area contributed by atoms with Crippen LogP contribution in [0, 0.1) is 0 Å². The van der Waals surface area contributed by atoms with Crippen LogP contribution in [0.5, 0.6) is 0 Å². The summed E-state index contributed by atoms with van der Waals surface area (Å²) >= 11 is 0. The second-order valence-electron chi connectivity index (χ2n) is 5.03. The Kier molecular flexibility index (Phi) is 5.32. The van der Waals surface area contributed by atoms with Gasteiger partial charge in [0.1, 0.15) is 0 Å². The molecule has 0 aromatic heterocycles. The van der Waals surface area contributed by atoms with Crippen molar-refractivity contribution >= 4 is 7.60 Å². The number of benzene rings is 2. The van der Waals surface area contributed by atoms with Gasteiger partial charge in [0, 0.05) is 5.92 Å². The molecule has 0 amide bonds. The standard InChI is InChI=1S/C16H20NO3P/c17-12-11-15(21(18,19)20)16(13-7-3-1-4-8-13)14-9-5-2-6-10-14/h1-10,15-16H,11-12,17H2,(H2,18,19,20)/t15-/m1/s1. The lowest BCUT2D eigenvalue weighted by Gasteiger charge is -2.28. The van der Waals surface area contributed by atoms with E-state index in [0.29, 0.717) is 0 Å². The lowest BCUT2D eigenvalue weighted by atomic mass is 9.87. The highest BCUT2D eigenvalue weighted by Gasteiger charge is 2.37. The van der Waals surface area contributed by atoms with Crippen molar-refractivity contribution < 1.29 is 14.4 Å². The number of hydrogen-bond acceptors (Lipinski definition) is 2. The average Bonchev–Trinajstić information content (AvgIpc) is 2.48. The van der Waals surface area contributed by atoms with Crippen molar-refractivity contribution in [1.29, 1.82) is 0 Å². The molecule has 0 aliphatic heterocycles. The van der Waals surface area contributed by atoms with Crippen molar-refractivity contribution in [2.24, 2.45) is 5.73 Å². The van der Waals surface area contributed by atoms with Gasteiger partial charge in [-0.1, -0.05) is 60.7 Å². The van der Waals surface area contributed by atoms with Gasteiger partial charge in [-0.3, -0.25) is 4.57 Å². The summed E-state index contributed by atoms with van der Waals surface area (Å²) in [6.45, 7) is 0.242. The molecule has 4 nitrogen and oxygen atoms in total. The van der Waals surface area contributed by atoms with Crippen molar-refractivity contribution in [3.8, 4) is 0 Å². The smallest absolute Gasteiger partial charge is 0.329 e. The van der Waals surface area contributed by atoms with Gasteiger partial charge in [-0.2, -0.15) is 0 Å². The highest BCUT2D eigenvalue weighted by Crippen LogP contribution is 2.51. The molecule has 0 fully saturated rings. The molecule has 0 aliphatic carbocycles. The van der Waals surface area contributed by atoms with E-state index in [2.05, 4.69) is 0 Å². The Labute approximate surface area is 124 Å². The first-order valence-corrected chi connectivity index (χ1v) is 8.57. The third-order valence-electron chi connectivity index (χ3n) is 3.60. The Hall–Kier alpha value is -1.45. The second kappa shape index (κ2) is 7.01. The maximum absolute atomic E-state index is 11.9. The van der Waals surface area contributed by atoms with Gasteiger partial charge in [-0.15, -0.1) is 0 Å². The molecule has 0 saturated carbocycles. The third kappa shape index (κ3) is 4.02. The van der Waals surface area contributed by atoms with Crippen LogP contribution in [0.15, 0.2) is 60.7 Å². The molecule has 0 unspecified atom stereocenters. The second-order valence-corrected chi connectivity index (χ2v) is 6.87. The van der Waals surface area contributed by atoms with Gasteiger partial charge in [-0.05, 0) is 24.1 Å². The molecular formula is C16H20NO3P. The minimum Gasteiger partial charge on any atom is -0.330 e. The summed E-state index contributed by atoms with van der Waals surface area (Å²) in [6, 6.07) is 18.9. The van der Waals surface area contributed by atoms with E-state index in [0.717, 1.165) is 11.1 Å². The molecule has 0 radical (unpaired) electrons. The highest BCUT2D eigenvalue weighted by atomic mass is 31.2. The zero-order valence-corrected chi connectivity index (χ0v) is 12.6. The Morgan fingerprint density at radius 2 is 1.33 bits per heavy atom. The molecule has 5 heteroatoms. The van der Waals surface area contributed by atoms with Gasteiger partial charge in [0.2, 0.25) is 0 Å². The maximum Gasteiger partial charge on any atom is 0.329 e. The van der Waals surface area contributed by atoms with Gasteiger partial charge >= 0.3 is 7.60 Å². The average molecular weight is 305 g/mol. The Balaban J connectivity index is 2.52. The zero-order valence-electron chi connectivity index (χ0n) is 11.7. The fraction of sp³-hybridized carbons (Fsp3) is 0.250. The van der Waals surface area contributed by atoms with E-state index in [1.54, 1.807) is 0 Å². The van der Waals surface area contributed by atoms with Gasteiger partial charge in [0.05, 0.1) is 5.66 Å². The molecule has 2 rings (SSSR count). The summed E-state index contributed by atoms with van der Waals surface area (Å²) < 4.78 is 11.9. The largest absolute Gasteiger partial charge is 0.330 e. The predicted octanol–water partition coefficient (Wildman–Crippen LogP) is 2.71. The molecule has 0 aliphatic rings. The van der Waals surface area contributed by atoms with E-state index < -0.39 is 13.3 Å². The molecule has 0 bridgehead atoms. The predicted molar refractivity (Wildman–Crippen MR) is 84.2 cm³/mol. The van der Waals surface area contributed by atoms with Crippen LogP contribution < -0.4 is 5.73 Å². The first-order valence-electron chi connectivity index (χ1n) is 6.89. The van der Waals surface area contributed by atoms with E-state index in [1.165, 1.54) is 0 Å². The quantitative estimate of drug-likeness (QED) is 0.717. The van der Waals surface area contributed by atoms with Crippen molar-refractivity contribution in [3.05, 3.63) is 71.8 Å². The van der Waals surface area contributed by atoms with Crippen LogP contribution in [0.3, 0.4) is 0 Å². The molecule has 21 heavy (non-hydrogen) atoms. The van der Waals surface area contributed by atoms with Crippen LogP contribution >= 0.6 is 7.60 Å². The molecule has 4 N–H and O–H groups in total. The SMILES string of the molecule is NCC[C@H](C(c1ccccc1)c1ccccc1)P(=O)(O)O. The summed E-state index contributed by atoms with van der Waals surface area (Å²) in [5.41, 5.74) is 6.55. The molecule has 112 valence electrons. The monoisotopic (exact) mass is 305 g/mol. The van der Waals surface area contributed by atoms with Crippen LogP contribution in [-0.2, 0) is 4.57 Å². The fourth-order valence-corrected chi connectivity index (χ4v) is 3.88. The normalized spacial score (nSPS) is 13.3. The summed E-state index contributed by atoms with van der Waals surface area (Å²) in [7, 11) is -4.26. The lowest BCUT2D eigenvalue weighted by molar-refractivity contribution is 0.349. The summed E-state index contributed by atoms with van der Waals surface area (Å²) in [5, 5.41) is 0. The van der Waals surface area contributed by atoms with Gasteiger partial charge in [0.15, 0.2) is 0 Å². The summed E-state index contributed by atoms with van der Waals surface area (Å²) in [6.07, 6.45) is 0.277. The van der Waals surface area contributed by atoms with Crippen molar-refractivity contribution in [3.63, 3.8) is 0 Å².